The van der Waals surface area contributed by atoms with Crippen molar-refractivity contribution in [2.24, 2.45) is 0 Å². The third kappa shape index (κ3) is 3.84. The molecule has 1 N–H and O–H groups in total. The van der Waals surface area contributed by atoms with Gasteiger partial charge in [0.15, 0.2) is 6.10 Å². The lowest BCUT2D eigenvalue weighted by atomic mass is 10.1. The molecule has 1 heterocycles. The molecular formula is C16H19NO4. The Balaban J connectivity index is 2.05. The zero-order valence-electron chi connectivity index (χ0n) is 12.6. The van der Waals surface area contributed by atoms with Gasteiger partial charge in [0, 0.05) is 10.9 Å². The Hall–Kier alpha value is -2.30. The summed E-state index contributed by atoms with van der Waals surface area (Å²) in [6.07, 6.45) is -0.884. The van der Waals surface area contributed by atoms with E-state index < -0.39 is 12.1 Å². The van der Waals surface area contributed by atoms with Gasteiger partial charge in [-0.15, -0.1) is 0 Å². The number of fused-ring (bicyclic) bond motifs is 1. The van der Waals surface area contributed by atoms with Crippen molar-refractivity contribution in [1.29, 1.82) is 0 Å². The van der Waals surface area contributed by atoms with E-state index in [0.717, 1.165) is 5.39 Å². The van der Waals surface area contributed by atoms with E-state index in [1.165, 1.54) is 6.92 Å². The summed E-state index contributed by atoms with van der Waals surface area (Å²) in [5.41, 5.74) is 0.230. The summed E-state index contributed by atoms with van der Waals surface area (Å²) in [4.78, 5) is 23.9. The molecule has 0 aliphatic heterocycles. The van der Waals surface area contributed by atoms with Crippen LogP contribution in [0, 0.1) is 0 Å². The fourth-order valence-electron chi connectivity index (χ4n) is 1.83. The van der Waals surface area contributed by atoms with Gasteiger partial charge in [-0.05, 0) is 39.8 Å². The van der Waals surface area contributed by atoms with Crippen LogP contribution in [0.3, 0.4) is 0 Å². The van der Waals surface area contributed by atoms with Crippen LogP contribution in [-0.2, 0) is 9.53 Å². The molecule has 5 heteroatoms. The molecule has 1 aromatic heterocycles. The summed E-state index contributed by atoms with van der Waals surface area (Å²) in [6, 6.07) is 8.88. The fraction of sp³-hybridized carbons (Fsp3) is 0.375. The summed E-state index contributed by atoms with van der Waals surface area (Å²) in [5, 5.41) is 3.57. The van der Waals surface area contributed by atoms with Gasteiger partial charge in [-0.1, -0.05) is 18.2 Å². The van der Waals surface area contributed by atoms with Crippen molar-refractivity contribution < 1.29 is 18.7 Å². The summed E-state index contributed by atoms with van der Waals surface area (Å²) in [7, 11) is 0. The van der Waals surface area contributed by atoms with Gasteiger partial charge in [0.1, 0.15) is 5.58 Å². The second-order valence-corrected chi connectivity index (χ2v) is 5.94. The van der Waals surface area contributed by atoms with Crippen molar-refractivity contribution in [2.45, 2.75) is 39.3 Å². The molecule has 0 aliphatic carbocycles. The average Bonchev–Trinajstić information content (AvgIpc) is 2.80. The zero-order chi connectivity index (χ0) is 15.6. The molecule has 0 fully saturated rings. The molecule has 21 heavy (non-hydrogen) atoms. The number of hydrogen-bond acceptors (Lipinski definition) is 4. The number of esters is 1. The SMILES string of the molecule is CC(OC(=O)c1cc2ccccc2o1)C(=O)NC(C)(C)C. The second kappa shape index (κ2) is 5.60. The Morgan fingerprint density at radius 2 is 1.90 bits per heavy atom. The number of furan rings is 1. The van der Waals surface area contributed by atoms with E-state index in [9.17, 15) is 9.59 Å². The number of nitrogens with one attached hydrogen (secondary N) is 1. The summed E-state index contributed by atoms with van der Waals surface area (Å²) in [6.45, 7) is 7.11. The Bertz CT molecular complexity index is 633. The maximum atomic E-state index is 12.0. The van der Waals surface area contributed by atoms with E-state index in [1.54, 1.807) is 12.1 Å². The Morgan fingerprint density at radius 1 is 1.24 bits per heavy atom. The topological polar surface area (TPSA) is 68.5 Å². The van der Waals surface area contributed by atoms with E-state index in [-0.39, 0.29) is 17.2 Å². The highest BCUT2D eigenvalue weighted by Crippen LogP contribution is 2.19. The van der Waals surface area contributed by atoms with Crippen LogP contribution >= 0.6 is 0 Å². The molecule has 112 valence electrons. The van der Waals surface area contributed by atoms with Crippen LogP contribution < -0.4 is 5.32 Å². The minimum Gasteiger partial charge on any atom is -0.449 e. The predicted molar refractivity (Wildman–Crippen MR) is 79.0 cm³/mol. The van der Waals surface area contributed by atoms with E-state index in [2.05, 4.69) is 5.32 Å². The number of carbonyl (C=O) groups is 2. The van der Waals surface area contributed by atoms with Gasteiger partial charge >= 0.3 is 5.97 Å². The van der Waals surface area contributed by atoms with E-state index >= 15 is 0 Å². The highest BCUT2D eigenvalue weighted by atomic mass is 16.6. The first-order valence-corrected chi connectivity index (χ1v) is 6.78. The highest BCUT2D eigenvalue weighted by molar-refractivity contribution is 5.94. The largest absolute Gasteiger partial charge is 0.449 e. The van der Waals surface area contributed by atoms with Crippen LogP contribution in [-0.4, -0.2) is 23.5 Å². The molecule has 0 radical (unpaired) electrons. The molecule has 0 bridgehead atoms. The number of para-hydroxylation sites is 1. The molecule has 5 nitrogen and oxygen atoms in total. The first-order chi connectivity index (χ1) is 9.76. The molecule has 0 saturated heterocycles. The molecule has 2 aromatic rings. The molecule has 1 aromatic carbocycles. The average molecular weight is 289 g/mol. The highest BCUT2D eigenvalue weighted by Gasteiger charge is 2.24. The second-order valence-electron chi connectivity index (χ2n) is 5.94. The summed E-state index contributed by atoms with van der Waals surface area (Å²) >= 11 is 0. The number of hydrogen-bond donors (Lipinski definition) is 1. The van der Waals surface area contributed by atoms with Crippen LogP contribution in [0.4, 0.5) is 0 Å². The van der Waals surface area contributed by atoms with E-state index in [1.807, 2.05) is 39.0 Å². The Morgan fingerprint density at radius 3 is 2.52 bits per heavy atom. The molecule has 0 saturated carbocycles. The maximum Gasteiger partial charge on any atom is 0.375 e. The number of amides is 1. The predicted octanol–water partition coefficient (Wildman–Crippen LogP) is 2.89. The van der Waals surface area contributed by atoms with Crippen LogP contribution in [0.15, 0.2) is 34.7 Å². The normalized spacial score (nSPS) is 13.0. The zero-order valence-corrected chi connectivity index (χ0v) is 12.6. The molecule has 1 amide bonds. The van der Waals surface area contributed by atoms with Crippen molar-refractivity contribution in [3.05, 3.63) is 36.1 Å². The van der Waals surface area contributed by atoms with Crippen LogP contribution in [0.2, 0.25) is 0 Å². The van der Waals surface area contributed by atoms with Crippen molar-refractivity contribution in [2.75, 3.05) is 0 Å². The van der Waals surface area contributed by atoms with Crippen LogP contribution in [0.5, 0.6) is 0 Å². The maximum absolute atomic E-state index is 12.0. The molecule has 0 spiro atoms. The van der Waals surface area contributed by atoms with Gasteiger partial charge in [0.25, 0.3) is 5.91 Å². The van der Waals surface area contributed by atoms with Gasteiger partial charge in [-0.3, -0.25) is 4.79 Å². The van der Waals surface area contributed by atoms with Crippen molar-refractivity contribution in [3.8, 4) is 0 Å². The Labute approximate surface area is 123 Å². The monoisotopic (exact) mass is 289 g/mol. The third-order valence-corrected chi connectivity index (χ3v) is 2.78. The van der Waals surface area contributed by atoms with Gasteiger partial charge in [-0.2, -0.15) is 0 Å². The van der Waals surface area contributed by atoms with Gasteiger partial charge in [0.2, 0.25) is 5.76 Å². The lowest BCUT2D eigenvalue weighted by Crippen LogP contribution is -2.46. The van der Waals surface area contributed by atoms with E-state index in [4.69, 9.17) is 9.15 Å². The Kier molecular flexibility index (Phi) is 4.02. The summed E-state index contributed by atoms with van der Waals surface area (Å²) < 4.78 is 10.5. The lowest BCUT2D eigenvalue weighted by molar-refractivity contribution is -0.130. The molecule has 1 atom stereocenters. The number of rotatable bonds is 3. The minimum absolute atomic E-state index is 0.0895. The van der Waals surface area contributed by atoms with Crippen molar-refractivity contribution in [1.82, 2.24) is 5.32 Å². The number of ether oxygens (including phenoxy) is 1. The molecule has 1 unspecified atom stereocenters. The quantitative estimate of drug-likeness (QED) is 0.882. The lowest BCUT2D eigenvalue weighted by Gasteiger charge is -2.22. The van der Waals surface area contributed by atoms with Crippen LogP contribution in [0.1, 0.15) is 38.2 Å². The number of carbonyl (C=O) groups excluding carboxylic acids is 2. The standard InChI is InChI=1S/C16H19NO4/c1-10(14(18)17-16(2,3)4)20-15(19)13-9-11-7-5-6-8-12(11)21-13/h5-10H,1-4H3,(H,17,18). The van der Waals surface area contributed by atoms with Crippen molar-refractivity contribution in [3.63, 3.8) is 0 Å². The molecule has 0 aliphatic rings. The van der Waals surface area contributed by atoms with Crippen molar-refractivity contribution >= 4 is 22.8 Å². The van der Waals surface area contributed by atoms with Gasteiger partial charge in [-0.25, -0.2) is 4.79 Å². The third-order valence-electron chi connectivity index (χ3n) is 2.78. The molecule has 2 rings (SSSR count). The van der Waals surface area contributed by atoms with Gasteiger partial charge in [0.05, 0.1) is 0 Å². The molecular weight excluding hydrogens is 270 g/mol. The van der Waals surface area contributed by atoms with E-state index in [0.29, 0.717) is 5.58 Å². The van der Waals surface area contributed by atoms with Gasteiger partial charge < -0.3 is 14.5 Å². The smallest absolute Gasteiger partial charge is 0.375 e. The first kappa shape index (κ1) is 15.1. The summed E-state index contributed by atoms with van der Waals surface area (Å²) in [5.74, 6) is -0.902. The van der Waals surface area contributed by atoms with Crippen LogP contribution in [0.25, 0.3) is 11.0 Å². The minimum atomic E-state index is -0.884. The fourth-order valence-corrected chi connectivity index (χ4v) is 1.83. The first-order valence-electron chi connectivity index (χ1n) is 6.78. The number of benzene rings is 1.